The molecule has 0 aliphatic carbocycles. The van der Waals surface area contributed by atoms with Gasteiger partial charge in [0.05, 0.1) is 7.11 Å². The minimum Gasteiger partial charge on any atom is -0.497 e. The van der Waals surface area contributed by atoms with Crippen LogP contribution in [0.3, 0.4) is 0 Å². The summed E-state index contributed by atoms with van der Waals surface area (Å²) in [7, 11) is 1.67. The van der Waals surface area contributed by atoms with E-state index in [-0.39, 0.29) is 6.04 Å². The molecule has 106 valence electrons. The summed E-state index contributed by atoms with van der Waals surface area (Å²) in [5.41, 5.74) is 6.61. The molecule has 0 aliphatic rings. The van der Waals surface area contributed by atoms with E-state index in [0.717, 1.165) is 25.1 Å². The van der Waals surface area contributed by atoms with Gasteiger partial charge in [-0.25, -0.2) is 0 Å². The van der Waals surface area contributed by atoms with Crippen molar-refractivity contribution in [2.45, 2.75) is 32.2 Å². The average molecular weight is 265 g/mol. The quantitative estimate of drug-likeness (QED) is 0.221. The van der Waals surface area contributed by atoms with Gasteiger partial charge < -0.3 is 21.0 Å². The van der Waals surface area contributed by atoms with Crippen LogP contribution in [0.5, 0.6) is 5.75 Å². The van der Waals surface area contributed by atoms with Crippen LogP contribution < -0.4 is 15.8 Å². The standard InChI is InChI=1S/C14H23N3O2/c1-11(12-6-5-7-13(10-12)19-2)16-9-4-3-8-14(15)17-18/h5-7,10-11,16,18H,3-4,8-9H2,1-2H3,(H2,15,17)/t11-/m1/s1. The first-order valence-corrected chi connectivity index (χ1v) is 6.51. The van der Waals surface area contributed by atoms with Crippen molar-refractivity contribution in [3.63, 3.8) is 0 Å². The zero-order chi connectivity index (χ0) is 14.1. The molecular formula is C14H23N3O2. The maximum atomic E-state index is 8.41. The van der Waals surface area contributed by atoms with Crippen LogP contribution in [0.2, 0.25) is 0 Å². The second-order valence-corrected chi connectivity index (χ2v) is 4.50. The Bertz CT molecular complexity index is 407. The molecule has 4 N–H and O–H groups in total. The molecule has 1 aromatic carbocycles. The Kier molecular flexibility index (Phi) is 6.74. The fraction of sp³-hybridized carbons (Fsp3) is 0.500. The molecule has 0 unspecified atom stereocenters. The van der Waals surface area contributed by atoms with Gasteiger partial charge in [0.1, 0.15) is 11.6 Å². The Morgan fingerprint density at radius 3 is 2.95 bits per heavy atom. The Morgan fingerprint density at radius 2 is 2.26 bits per heavy atom. The normalized spacial score (nSPS) is 13.3. The highest BCUT2D eigenvalue weighted by atomic mass is 16.5. The number of oxime groups is 1. The predicted octanol–water partition coefficient (Wildman–Crippen LogP) is 2.26. The number of nitrogens with one attached hydrogen (secondary N) is 1. The van der Waals surface area contributed by atoms with Gasteiger partial charge >= 0.3 is 0 Å². The van der Waals surface area contributed by atoms with E-state index in [1.54, 1.807) is 7.11 Å². The minimum absolute atomic E-state index is 0.277. The molecule has 0 bridgehead atoms. The minimum atomic E-state index is 0.277. The molecular weight excluding hydrogens is 242 g/mol. The van der Waals surface area contributed by atoms with E-state index in [1.165, 1.54) is 5.56 Å². The third-order valence-electron chi connectivity index (χ3n) is 3.03. The van der Waals surface area contributed by atoms with E-state index in [4.69, 9.17) is 15.7 Å². The first-order chi connectivity index (χ1) is 9.17. The fourth-order valence-corrected chi connectivity index (χ4v) is 1.83. The van der Waals surface area contributed by atoms with Gasteiger partial charge in [-0.1, -0.05) is 17.3 Å². The number of unbranched alkanes of at least 4 members (excludes halogenated alkanes) is 1. The topological polar surface area (TPSA) is 79.9 Å². The molecule has 0 amide bonds. The average Bonchev–Trinajstić information content (AvgIpc) is 2.46. The molecule has 1 atom stereocenters. The Labute approximate surface area is 114 Å². The van der Waals surface area contributed by atoms with Gasteiger partial charge in [-0.15, -0.1) is 0 Å². The molecule has 1 aromatic rings. The SMILES string of the molecule is COc1cccc([C@@H](C)NCCCC/C(N)=N/O)c1. The van der Waals surface area contributed by atoms with E-state index in [1.807, 2.05) is 18.2 Å². The summed E-state index contributed by atoms with van der Waals surface area (Å²) in [6, 6.07) is 8.32. The Hall–Kier alpha value is -1.75. The molecule has 0 radical (unpaired) electrons. The number of methoxy groups -OCH3 is 1. The first-order valence-electron chi connectivity index (χ1n) is 6.51. The van der Waals surface area contributed by atoms with Crippen LogP contribution in [0.4, 0.5) is 0 Å². The number of amidine groups is 1. The molecule has 0 spiro atoms. The van der Waals surface area contributed by atoms with Crippen LogP contribution in [0.15, 0.2) is 29.4 Å². The molecule has 5 nitrogen and oxygen atoms in total. The lowest BCUT2D eigenvalue weighted by Crippen LogP contribution is -2.20. The third kappa shape index (κ3) is 5.61. The van der Waals surface area contributed by atoms with E-state index in [2.05, 4.69) is 23.5 Å². The summed E-state index contributed by atoms with van der Waals surface area (Å²) in [4.78, 5) is 0. The number of nitrogens with zero attached hydrogens (tertiary/aromatic N) is 1. The van der Waals surface area contributed by atoms with Gasteiger partial charge in [-0.2, -0.15) is 0 Å². The van der Waals surface area contributed by atoms with E-state index < -0.39 is 0 Å². The highest BCUT2D eigenvalue weighted by molar-refractivity contribution is 5.79. The van der Waals surface area contributed by atoms with Crippen LogP contribution in [-0.2, 0) is 0 Å². The van der Waals surface area contributed by atoms with Gasteiger partial charge in [0, 0.05) is 12.5 Å². The molecule has 0 aliphatic heterocycles. The van der Waals surface area contributed by atoms with Crippen molar-refractivity contribution in [3.8, 4) is 5.75 Å². The summed E-state index contributed by atoms with van der Waals surface area (Å²) in [5, 5.41) is 14.8. The monoisotopic (exact) mass is 265 g/mol. The second kappa shape index (κ2) is 8.37. The first kappa shape index (κ1) is 15.3. The fourth-order valence-electron chi connectivity index (χ4n) is 1.83. The van der Waals surface area contributed by atoms with Crippen LogP contribution in [0, 0.1) is 0 Å². The molecule has 0 aromatic heterocycles. The largest absolute Gasteiger partial charge is 0.497 e. The third-order valence-corrected chi connectivity index (χ3v) is 3.03. The zero-order valence-corrected chi connectivity index (χ0v) is 11.6. The number of rotatable bonds is 8. The van der Waals surface area contributed by atoms with Crippen molar-refractivity contribution in [1.29, 1.82) is 0 Å². The summed E-state index contributed by atoms with van der Waals surface area (Å²) >= 11 is 0. The molecule has 0 fully saturated rings. The maximum absolute atomic E-state index is 8.41. The van der Waals surface area contributed by atoms with E-state index in [0.29, 0.717) is 12.3 Å². The Morgan fingerprint density at radius 1 is 1.47 bits per heavy atom. The summed E-state index contributed by atoms with van der Waals surface area (Å²) in [6.45, 7) is 3.02. The second-order valence-electron chi connectivity index (χ2n) is 4.50. The zero-order valence-electron chi connectivity index (χ0n) is 11.6. The van der Waals surface area contributed by atoms with E-state index >= 15 is 0 Å². The van der Waals surface area contributed by atoms with Gasteiger partial charge in [0.15, 0.2) is 0 Å². The molecule has 0 heterocycles. The lowest BCUT2D eigenvalue weighted by molar-refractivity contribution is 0.316. The van der Waals surface area contributed by atoms with Gasteiger partial charge in [-0.3, -0.25) is 0 Å². The summed E-state index contributed by atoms with van der Waals surface area (Å²) < 4.78 is 5.21. The molecule has 5 heteroatoms. The van der Waals surface area contributed by atoms with Crippen LogP contribution in [0.1, 0.15) is 37.8 Å². The van der Waals surface area contributed by atoms with Crippen molar-refractivity contribution in [1.82, 2.24) is 5.32 Å². The summed E-state index contributed by atoms with van der Waals surface area (Å²) in [6.07, 6.45) is 2.53. The smallest absolute Gasteiger partial charge is 0.139 e. The number of ether oxygens (including phenoxy) is 1. The van der Waals surface area contributed by atoms with Gasteiger partial charge in [0.2, 0.25) is 0 Å². The predicted molar refractivity (Wildman–Crippen MR) is 76.7 cm³/mol. The van der Waals surface area contributed by atoms with Crippen molar-refractivity contribution >= 4 is 5.84 Å². The van der Waals surface area contributed by atoms with Gasteiger partial charge in [-0.05, 0) is 44.0 Å². The van der Waals surface area contributed by atoms with Crippen molar-refractivity contribution in [3.05, 3.63) is 29.8 Å². The molecule has 0 saturated carbocycles. The number of hydrogen-bond acceptors (Lipinski definition) is 4. The maximum Gasteiger partial charge on any atom is 0.139 e. The summed E-state index contributed by atoms with van der Waals surface area (Å²) in [5.74, 6) is 1.17. The molecule has 0 saturated heterocycles. The van der Waals surface area contributed by atoms with E-state index in [9.17, 15) is 0 Å². The molecule has 19 heavy (non-hydrogen) atoms. The Balaban J connectivity index is 2.29. The highest BCUT2D eigenvalue weighted by Crippen LogP contribution is 2.18. The number of benzene rings is 1. The number of hydrogen-bond donors (Lipinski definition) is 3. The highest BCUT2D eigenvalue weighted by Gasteiger charge is 2.05. The van der Waals surface area contributed by atoms with Crippen LogP contribution in [-0.4, -0.2) is 24.7 Å². The van der Waals surface area contributed by atoms with Crippen LogP contribution in [0.25, 0.3) is 0 Å². The lowest BCUT2D eigenvalue weighted by Gasteiger charge is -2.15. The van der Waals surface area contributed by atoms with Gasteiger partial charge in [0.25, 0.3) is 0 Å². The van der Waals surface area contributed by atoms with Crippen molar-refractivity contribution in [2.24, 2.45) is 10.9 Å². The van der Waals surface area contributed by atoms with Crippen LogP contribution >= 0.6 is 0 Å². The number of nitrogens with two attached hydrogens (primary N) is 1. The lowest BCUT2D eigenvalue weighted by atomic mass is 10.1. The van der Waals surface area contributed by atoms with Crippen molar-refractivity contribution in [2.75, 3.05) is 13.7 Å². The van der Waals surface area contributed by atoms with Crippen molar-refractivity contribution < 1.29 is 9.94 Å². The molecule has 1 rings (SSSR count).